The normalized spacial score (nSPS) is 23.2. The predicted octanol–water partition coefficient (Wildman–Crippen LogP) is 1.43. The molecule has 1 aromatic rings. The number of ether oxygens (including phenoxy) is 2. The SMILES string of the molecule is NC(=O)C1CCN(C(=O)NC(c2ccc3c(c2)OCCO3)C2CC2)C1. The summed E-state index contributed by atoms with van der Waals surface area (Å²) in [7, 11) is 0. The van der Waals surface area contributed by atoms with Crippen molar-refractivity contribution in [3.05, 3.63) is 23.8 Å². The second-order valence-corrected chi connectivity index (χ2v) is 7.00. The molecule has 0 aromatic heterocycles. The van der Waals surface area contributed by atoms with Crippen LogP contribution in [0.15, 0.2) is 18.2 Å². The Bertz CT molecular complexity index is 689. The average molecular weight is 345 g/mol. The number of hydrogen-bond acceptors (Lipinski definition) is 4. The van der Waals surface area contributed by atoms with Crippen LogP contribution in [0, 0.1) is 11.8 Å². The van der Waals surface area contributed by atoms with Crippen LogP contribution in [0.25, 0.3) is 0 Å². The lowest BCUT2D eigenvalue weighted by Gasteiger charge is -2.25. The van der Waals surface area contributed by atoms with Crippen molar-refractivity contribution in [2.45, 2.75) is 25.3 Å². The van der Waals surface area contributed by atoms with Gasteiger partial charge in [0.1, 0.15) is 13.2 Å². The number of rotatable bonds is 4. The van der Waals surface area contributed by atoms with Crippen LogP contribution in [-0.4, -0.2) is 43.1 Å². The Balaban J connectivity index is 1.47. The Labute approximate surface area is 146 Å². The lowest BCUT2D eigenvalue weighted by Crippen LogP contribution is -2.41. The van der Waals surface area contributed by atoms with Crippen LogP contribution in [0.3, 0.4) is 0 Å². The quantitative estimate of drug-likeness (QED) is 0.863. The summed E-state index contributed by atoms with van der Waals surface area (Å²) in [5, 5.41) is 3.14. The summed E-state index contributed by atoms with van der Waals surface area (Å²) in [6.45, 7) is 2.07. The van der Waals surface area contributed by atoms with E-state index in [0.29, 0.717) is 38.6 Å². The number of urea groups is 1. The fourth-order valence-electron chi connectivity index (χ4n) is 3.56. The lowest BCUT2D eigenvalue weighted by molar-refractivity contribution is -0.121. The van der Waals surface area contributed by atoms with Gasteiger partial charge >= 0.3 is 6.03 Å². The highest BCUT2D eigenvalue weighted by Gasteiger charge is 2.36. The zero-order valence-electron chi connectivity index (χ0n) is 14.1. The summed E-state index contributed by atoms with van der Waals surface area (Å²) in [5.41, 5.74) is 6.39. The molecular weight excluding hydrogens is 322 g/mol. The predicted molar refractivity (Wildman–Crippen MR) is 90.3 cm³/mol. The number of nitrogens with one attached hydrogen (secondary N) is 1. The minimum Gasteiger partial charge on any atom is -0.486 e. The van der Waals surface area contributed by atoms with Crippen LogP contribution in [-0.2, 0) is 4.79 Å². The molecule has 0 bridgehead atoms. The van der Waals surface area contributed by atoms with Gasteiger partial charge in [-0.15, -0.1) is 0 Å². The zero-order valence-corrected chi connectivity index (χ0v) is 14.1. The summed E-state index contributed by atoms with van der Waals surface area (Å²) in [4.78, 5) is 25.6. The number of carbonyl (C=O) groups is 2. The third-order valence-electron chi connectivity index (χ3n) is 5.18. The number of nitrogens with two attached hydrogens (primary N) is 1. The van der Waals surface area contributed by atoms with Gasteiger partial charge in [0.05, 0.1) is 12.0 Å². The summed E-state index contributed by atoms with van der Waals surface area (Å²) in [6.07, 6.45) is 2.84. The van der Waals surface area contributed by atoms with Crippen LogP contribution >= 0.6 is 0 Å². The first-order chi connectivity index (χ1) is 12.1. The molecule has 2 unspecified atom stereocenters. The first kappa shape index (κ1) is 16.1. The van der Waals surface area contributed by atoms with E-state index in [1.54, 1.807) is 4.90 Å². The topological polar surface area (TPSA) is 93.9 Å². The van der Waals surface area contributed by atoms with E-state index >= 15 is 0 Å². The Morgan fingerprint density at radius 2 is 1.92 bits per heavy atom. The molecule has 1 saturated heterocycles. The second kappa shape index (κ2) is 6.46. The van der Waals surface area contributed by atoms with Gasteiger partial charge in [0.25, 0.3) is 0 Å². The highest BCUT2D eigenvalue weighted by Crippen LogP contribution is 2.43. The number of benzene rings is 1. The molecule has 3 N–H and O–H groups in total. The number of likely N-dealkylation sites (tertiary alicyclic amines) is 1. The van der Waals surface area contributed by atoms with Crippen LogP contribution in [0.1, 0.15) is 30.9 Å². The van der Waals surface area contributed by atoms with E-state index in [1.165, 1.54) is 0 Å². The largest absolute Gasteiger partial charge is 0.486 e. The van der Waals surface area contributed by atoms with E-state index in [9.17, 15) is 9.59 Å². The van der Waals surface area contributed by atoms with Gasteiger partial charge in [-0.1, -0.05) is 6.07 Å². The van der Waals surface area contributed by atoms with Crippen molar-refractivity contribution in [3.8, 4) is 11.5 Å². The zero-order chi connectivity index (χ0) is 17.4. The number of hydrogen-bond donors (Lipinski definition) is 2. The highest BCUT2D eigenvalue weighted by atomic mass is 16.6. The van der Waals surface area contributed by atoms with Crippen molar-refractivity contribution >= 4 is 11.9 Å². The summed E-state index contributed by atoms with van der Waals surface area (Å²) in [6, 6.07) is 5.69. The number of primary amides is 1. The number of fused-ring (bicyclic) bond motifs is 1. The molecule has 2 atom stereocenters. The van der Waals surface area contributed by atoms with Gasteiger partial charge in [-0.3, -0.25) is 4.79 Å². The minimum atomic E-state index is -0.333. The van der Waals surface area contributed by atoms with Crippen molar-refractivity contribution in [1.82, 2.24) is 10.2 Å². The fraction of sp³-hybridized carbons (Fsp3) is 0.556. The van der Waals surface area contributed by atoms with Gasteiger partial charge in [0.2, 0.25) is 5.91 Å². The second-order valence-electron chi connectivity index (χ2n) is 7.00. The number of carbonyl (C=O) groups excluding carboxylic acids is 2. The maximum absolute atomic E-state index is 12.6. The molecule has 2 fully saturated rings. The molecule has 7 heteroatoms. The van der Waals surface area contributed by atoms with Crippen LogP contribution in [0.2, 0.25) is 0 Å². The Kier molecular flexibility index (Phi) is 4.15. The molecule has 134 valence electrons. The molecule has 7 nitrogen and oxygen atoms in total. The molecule has 3 amide bonds. The fourth-order valence-corrected chi connectivity index (χ4v) is 3.56. The summed E-state index contributed by atoms with van der Waals surface area (Å²) >= 11 is 0. The number of nitrogens with zero attached hydrogens (tertiary/aromatic N) is 1. The lowest BCUT2D eigenvalue weighted by atomic mass is 10.0. The smallest absolute Gasteiger partial charge is 0.317 e. The maximum Gasteiger partial charge on any atom is 0.317 e. The van der Waals surface area contributed by atoms with Gasteiger partial charge in [-0.25, -0.2) is 4.79 Å². The van der Waals surface area contributed by atoms with E-state index < -0.39 is 0 Å². The number of amides is 3. The van der Waals surface area contributed by atoms with E-state index in [1.807, 2.05) is 18.2 Å². The third-order valence-corrected chi connectivity index (χ3v) is 5.18. The molecule has 0 spiro atoms. The molecule has 1 aliphatic carbocycles. The van der Waals surface area contributed by atoms with Gasteiger partial charge in [0.15, 0.2) is 11.5 Å². The summed E-state index contributed by atoms with van der Waals surface area (Å²) in [5.74, 6) is 1.36. The van der Waals surface area contributed by atoms with Crippen molar-refractivity contribution < 1.29 is 19.1 Å². The Hall–Kier alpha value is -2.44. The van der Waals surface area contributed by atoms with Crippen molar-refractivity contribution in [1.29, 1.82) is 0 Å². The first-order valence-electron chi connectivity index (χ1n) is 8.86. The van der Waals surface area contributed by atoms with Gasteiger partial charge in [-0.05, 0) is 42.9 Å². The van der Waals surface area contributed by atoms with Crippen LogP contribution in [0.4, 0.5) is 4.79 Å². The molecule has 1 aromatic carbocycles. The van der Waals surface area contributed by atoms with Gasteiger partial charge in [0, 0.05) is 13.1 Å². The van der Waals surface area contributed by atoms with Gasteiger partial charge in [-0.2, -0.15) is 0 Å². The minimum absolute atomic E-state index is 0.0454. The van der Waals surface area contributed by atoms with E-state index in [2.05, 4.69) is 5.32 Å². The van der Waals surface area contributed by atoms with E-state index in [4.69, 9.17) is 15.2 Å². The molecule has 2 heterocycles. The monoisotopic (exact) mass is 345 g/mol. The van der Waals surface area contributed by atoms with E-state index in [0.717, 1.165) is 29.9 Å². The Morgan fingerprint density at radius 1 is 1.16 bits per heavy atom. The average Bonchev–Trinajstić information content (AvgIpc) is 3.33. The first-order valence-corrected chi connectivity index (χ1v) is 8.86. The molecular formula is C18H23N3O4. The van der Waals surface area contributed by atoms with Gasteiger partial charge < -0.3 is 25.4 Å². The highest BCUT2D eigenvalue weighted by molar-refractivity contribution is 5.80. The van der Waals surface area contributed by atoms with Crippen molar-refractivity contribution in [2.24, 2.45) is 17.6 Å². The van der Waals surface area contributed by atoms with Crippen LogP contribution in [0.5, 0.6) is 11.5 Å². The molecule has 25 heavy (non-hydrogen) atoms. The molecule has 2 aliphatic heterocycles. The molecule has 1 saturated carbocycles. The molecule has 4 rings (SSSR count). The summed E-state index contributed by atoms with van der Waals surface area (Å²) < 4.78 is 11.2. The van der Waals surface area contributed by atoms with Crippen molar-refractivity contribution in [3.63, 3.8) is 0 Å². The third kappa shape index (κ3) is 3.36. The van der Waals surface area contributed by atoms with E-state index in [-0.39, 0.29) is 23.9 Å². The van der Waals surface area contributed by atoms with Crippen molar-refractivity contribution in [2.75, 3.05) is 26.3 Å². The maximum atomic E-state index is 12.6. The molecule has 3 aliphatic rings. The van der Waals surface area contributed by atoms with Crippen LogP contribution < -0.4 is 20.5 Å². The molecule has 0 radical (unpaired) electrons. The Morgan fingerprint density at radius 3 is 2.60 bits per heavy atom. The standard InChI is InChI=1S/C18H23N3O4/c19-17(22)13-5-6-21(10-13)18(23)20-16(11-1-2-11)12-3-4-14-15(9-12)25-8-7-24-14/h3-4,9,11,13,16H,1-2,5-8,10H2,(H2,19,22)(H,20,23).